The number of amides is 1. The number of alkyl halides is 3. The highest BCUT2D eigenvalue weighted by Crippen LogP contribution is 2.35. The maximum Gasteiger partial charge on any atom is 0.416 e. The van der Waals surface area contributed by atoms with E-state index in [1.165, 1.54) is 0 Å². The van der Waals surface area contributed by atoms with E-state index in [0.717, 1.165) is 25.0 Å². The molecule has 0 bridgehead atoms. The van der Waals surface area contributed by atoms with Crippen LogP contribution in [-0.2, 0) is 20.5 Å². The number of methoxy groups -OCH3 is 1. The topological polar surface area (TPSA) is 78.9 Å². The zero-order valence-corrected chi connectivity index (χ0v) is 13.9. The van der Waals surface area contributed by atoms with Gasteiger partial charge in [0.15, 0.2) is 0 Å². The Hall–Kier alpha value is -2.62. The van der Waals surface area contributed by atoms with Gasteiger partial charge in [0.05, 0.1) is 37.1 Å². The number of benzene rings is 1. The normalized spacial score (nSPS) is 14.9. The van der Waals surface area contributed by atoms with E-state index < -0.39 is 29.4 Å². The molecule has 0 aliphatic carbocycles. The fourth-order valence-corrected chi connectivity index (χ4v) is 2.57. The van der Waals surface area contributed by atoms with Crippen LogP contribution in [0.2, 0.25) is 0 Å². The number of aryl methyl sites for hydroxylation is 1. The Morgan fingerprint density at radius 2 is 2.04 bits per heavy atom. The molecular weight excluding hydrogens is 360 g/mol. The summed E-state index contributed by atoms with van der Waals surface area (Å²) in [6, 6.07) is 1.23. The van der Waals surface area contributed by atoms with Crippen molar-refractivity contribution in [3.8, 4) is 0 Å². The van der Waals surface area contributed by atoms with Gasteiger partial charge >= 0.3 is 12.1 Å². The van der Waals surface area contributed by atoms with Crippen molar-refractivity contribution in [1.82, 2.24) is 4.90 Å². The lowest BCUT2D eigenvalue weighted by Crippen LogP contribution is -2.31. The van der Waals surface area contributed by atoms with Crippen molar-refractivity contribution in [2.24, 2.45) is 0 Å². The maximum atomic E-state index is 14.1. The summed E-state index contributed by atoms with van der Waals surface area (Å²) in [5, 5.41) is 11.4. The van der Waals surface area contributed by atoms with Crippen LogP contribution in [0.25, 0.3) is 0 Å². The van der Waals surface area contributed by atoms with Crippen LogP contribution in [0.5, 0.6) is 0 Å². The first-order chi connectivity index (χ1) is 12.1. The average molecular weight is 376 g/mol. The molecule has 1 aromatic carbocycles. The molecule has 0 aromatic heterocycles. The minimum absolute atomic E-state index is 0.0704. The monoisotopic (exact) mass is 376 g/mol. The lowest BCUT2D eigenvalue weighted by Gasteiger charge is -2.16. The number of carbonyl (C=O) groups is 2. The summed E-state index contributed by atoms with van der Waals surface area (Å²) in [6.45, 7) is 0.549. The SMILES string of the molecule is COC(=O)C1=C(Nc2cc(C)c(C(F)(F)F)cc2F)C(=O)N(CCO)C1. The Balaban J connectivity index is 2.42. The minimum atomic E-state index is -4.72. The van der Waals surface area contributed by atoms with Crippen LogP contribution >= 0.6 is 0 Å². The molecule has 1 aliphatic heterocycles. The predicted molar refractivity (Wildman–Crippen MR) is 82.5 cm³/mol. The molecule has 2 N–H and O–H groups in total. The van der Waals surface area contributed by atoms with Crippen LogP contribution < -0.4 is 5.32 Å². The van der Waals surface area contributed by atoms with E-state index in [4.69, 9.17) is 5.11 Å². The predicted octanol–water partition coefficient (Wildman–Crippen LogP) is 1.83. The molecule has 0 saturated carbocycles. The Kier molecular flexibility index (Phi) is 5.55. The minimum Gasteiger partial charge on any atom is -0.466 e. The van der Waals surface area contributed by atoms with Gasteiger partial charge in [0.25, 0.3) is 5.91 Å². The number of ether oxygens (including phenoxy) is 1. The van der Waals surface area contributed by atoms with Gasteiger partial charge in [-0.05, 0) is 24.6 Å². The number of aliphatic hydroxyl groups excluding tert-OH is 1. The number of halogens is 4. The van der Waals surface area contributed by atoms with Crippen molar-refractivity contribution < 1.29 is 37.0 Å². The highest BCUT2D eigenvalue weighted by Gasteiger charge is 2.36. The van der Waals surface area contributed by atoms with Gasteiger partial charge in [-0.15, -0.1) is 0 Å². The number of aliphatic hydroxyl groups is 1. The molecule has 10 heteroatoms. The molecule has 1 aromatic rings. The first kappa shape index (κ1) is 19.7. The van der Waals surface area contributed by atoms with E-state index in [1.807, 2.05) is 0 Å². The Labute approximate surface area is 146 Å². The quantitative estimate of drug-likeness (QED) is 0.606. The van der Waals surface area contributed by atoms with Crippen molar-refractivity contribution in [2.75, 3.05) is 32.1 Å². The number of hydrogen-bond acceptors (Lipinski definition) is 5. The maximum absolute atomic E-state index is 14.1. The second-order valence-electron chi connectivity index (χ2n) is 5.57. The van der Waals surface area contributed by atoms with Gasteiger partial charge in [-0.25, -0.2) is 9.18 Å². The Morgan fingerprint density at radius 1 is 1.38 bits per heavy atom. The molecular formula is C16H16F4N2O4. The van der Waals surface area contributed by atoms with E-state index in [-0.39, 0.29) is 42.2 Å². The standard InChI is InChI=1S/C16H16F4N2O4/c1-8-5-12(11(17)6-10(8)16(18,19)20)21-13-9(15(25)26-2)7-22(3-4-23)14(13)24/h5-6,21,23H,3-4,7H2,1-2H3. The number of β-amino-alcohol motifs (C(OH)–C–C–N with tert-alkyl or cyclic N) is 1. The molecule has 6 nitrogen and oxygen atoms in total. The average Bonchev–Trinajstić information content (AvgIpc) is 2.86. The number of anilines is 1. The summed E-state index contributed by atoms with van der Waals surface area (Å²) < 4.78 is 57.2. The van der Waals surface area contributed by atoms with E-state index in [0.29, 0.717) is 6.07 Å². The third kappa shape index (κ3) is 3.79. The van der Waals surface area contributed by atoms with Crippen LogP contribution in [0.3, 0.4) is 0 Å². The summed E-state index contributed by atoms with van der Waals surface area (Å²) >= 11 is 0. The smallest absolute Gasteiger partial charge is 0.416 e. The van der Waals surface area contributed by atoms with Gasteiger partial charge in [0.1, 0.15) is 11.5 Å². The summed E-state index contributed by atoms with van der Waals surface area (Å²) in [5.74, 6) is -2.77. The van der Waals surface area contributed by atoms with Gasteiger partial charge in [-0.2, -0.15) is 13.2 Å². The fraction of sp³-hybridized carbons (Fsp3) is 0.375. The number of rotatable bonds is 5. The summed E-state index contributed by atoms with van der Waals surface area (Å²) in [7, 11) is 1.09. The third-order valence-electron chi connectivity index (χ3n) is 3.83. The zero-order valence-electron chi connectivity index (χ0n) is 13.9. The molecule has 1 aliphatic rings. The van der Waals surface area contributed by atoms with Crippen molar-refractivity contribution >= 4 is 17.6 Å². The summed E-state index contributed by atoms with van der Waals surface area (Å²) in [5.41, 5.74) is -2.18. The van der Waals surface area contributed by atoms with E-state index in [9.17, 15) is 27.2 Å². The highest BCUT2D eigenvalue weighted by molar-refractivity contribution is 6.08. The fourth-order valence-electron chi connectivity index (χ4n) is 2.57. The Morgan fingerprint density at radius 3 is 2.58 bits per heavy atom. The molecule has 0 unspecified atom stereocenters. The van der Waals surface area contributed by atoms with Crippen molar-refractivity contribution in [1.29, 1.82) is 0 Å². The molecule has 1 amide bonds. The molecule has 1 heterocycles. The molecule has 2 rings (SSSR count). The van der Waals surface area contributed by atoms with Crippen LogP contribution in [0.1, 0.15) is 11.1 Å². The molecule has 0 saturated heterocycles. The van der Waals surface area contributed by atoms with Crippen LogP contribution in [0.4, 0.5) is 23.2 Å². The first-order valence-electron chi connectivity index (χ1n) is 7.46. The number of nitrogens with zero attached hydrogens (tertiary/aromatic N) is 1. The van der Waals surface area contributed by atoms with Crippen LogP contribution in [0.15, 0.2) is 23.4 Å². The molecule has 0 atom stereocenters. The molecule has 26 heavy (non-hydrogen) atoms. The lowest BCUT2D eigenvalue weighted by atomic mass is 10.1. The lowest BCUT2D eigenvalue weighted by molar-refractivity contribution is -0.138. The Bertz CT molecular complexity index is 774. The largest absolute Gasteiger partial charge is 0.466 e. The van der Waals surface area contributed by atoms with Crippen LogP contribution in [0, 0.1) is 12.7 Å². The van der Waals surface area contributed by atoms with E-state index in [1.54, 1.807) is 0 Å². The van der Waals surface area contributed by atoms with Gasteiger partial charge in [0.2, 0.25) is 0 Å². The van der Waals surface area contributed by atoms with Crippen molar-refractivity contribution in [3.63, 3.8) is 0 Å². The highest BCUT2D eigenvalue weighted by atomic mass is 19.4. The number of carbonyl (C=O) groups excluding carboxylic acids is 2. The third-order valence-corrected chi connectivity index (χ3v) is 3.83. The van der Waals surface area contributed by atoms with Gasteiger partial charge < -0.3 is 20.1 Å². The van der Waals surface area contributed by atoms with Gasteiger partial charge in [0, 0.05) is 6.54 Å². The van der Waals surface area contributed by atoms with Gasteiger partial charge in [-0.3, -0.25) is 4.79 Å². The second kappa shape index (κ2) is 7.32. The van der Waals surface area contributed by atoms with Crippen LogP contribution in [-0.4, -0.2) is 48.7 Å². The summed E-state index contributed by atoms with van der Waals surface area (Å²) in [6.07, 6.45) is -4.72. The number of hydrogen-bond donors (Lipinski definition) is 2. The number of esters is 1. The van der Waals surface area contributed by atoms with Crippen molar-refractivity contribution in [3.05, 3.63) is 40.3 Å². The molecule has 0 radical (unpaired) electrons. The molecule has 142 valence electrons. The second-order valence-corrected chi connectivity index (χ2v) is 5.57. The van der Waals surface area contributed by atoms with Crippen molar-refractivity contribution in [2.45, 2.75) is 13.1 Å². The van der Waals surface area contributed by atoms with E-state index >= 15 is 0 Å². The van der Waals surface area contributed by atoms with Gasteiger partial charge in [-0.1, -0.05) is 0 Å². The zero-order chi connectivity index (χ0) is 19.6. The molecule has 0 spiro atoms. The first-order valence-corrected chi connectivity index (χ1v) is 7.46. The summed E-state index contributed by atoms with van der Waals surface area (Å²) in [4.78, 5) is 25.3. The molecule has 0 fully saturated rings. The number of nitrogens with one attached hydrogen (secondary N) is 1. The van der Waals surface area contributed by atoms with E-state index in [2.05, 4.69) is 10.1 Å².